The molecule has 0 aromatic heterocycles. The number of likely N-dealkylation sites (N-methyl/N-ethyl adjacent to an activating group) is 1. The van der Waals surface area contributed by atoms with E-state index in [0.29, 0.717) is 16.3 Å². The first kappa shape index (κ1) is 23.4. The lowest BCUT2D eigenvalue weighted by atomic mass is 9.94. The molecule has 0 saturated carbocycles. The topological polar surface area (TPSA) is 73.8 Å². The van der Waals surface area contributed by atoms with E-state index in [9.17, 15) is 14.0 Å². The van der Waals surface area contributed by atoms with Gasteiger partial charge < -0.3 is 15.5 Å². The Morgan fingerprint density at radius 3 is 2.29 bits per heavy atom. The van der Waals surface area contributed by atoms with Crippen molar-refractivity contribution in [3.63, 3.8) is 0 Å². The number of aliphatic imine (C=N–C) groups is 1. The van der Waals surface area contributed by atoms with Crippen molar-refractivity contribution in [2.75, 3.05) is 11.9 Å². The predicted molar refractivity (Wildman–Crippen MR) is 132 cm³/mol. The molecular weight excluding hydrogens is 455 g/mol. The van der Waals surface area contributed by atoms with Crippen LogP contribution in [0, 0.1) is 5.82 Å². The molecule has 1 aliphatic rings. The average Bonchev–Trinajstić information content (AvgIpc) is 2.90. The summed E-state index contributed by atoms with van der Waals surface area (Å²) in [6.07, 6.45) is -1.26. The Bertz CT molecular complexity index is 1270. The molecule has 3 amide bonds. The summed E-state index contributed by atoms with van der Waals surface area (Å²) in [5.41, 5.74) is 1.77. The molecular formula is C26H24ClFN4O2. The van der Waals surface area contributed by atoms with Gasteiger partial charge in [0.05, 0.1) is 16.9 Å². The molecule has 8 heteroatoms. The predicted octanol–water partition coefficient (Wildman–Crippen LogP) is 4.85. The normalized spacial score (nSPS) is 15.8. The molecule has 3 aromatic rings. The van der Waals surface area contributed by atoms with Crippen molar-refractivity contribution in [1.82, 2.24) is 10.6 Å². The van der Waals surface area contributed by atoms with Crippen molar-refractivity contribution in [3.05, 3.63) is 100 Å². The number of hydrogen-bond donors (Lipinski definition) is 2. The molecule has 3 aromatic carbocycles. The fraction of sp³-hybridized carbons (Fsp3) is 0.192. The van der Waals surface area contributed by atoms with Crippen LogP contribution in [0.4, 0.5) is 14.9 Å². The second-order valence-electron chi connectivity index (χ2n) is 8.50. The quantitative estimate of drug-likeness (QED) is 0.562. The van der Waals surface area contributed by atoms with Gasteiger partial charge in [-0.1, -0.05) is 54.1 Å². The van der Waals surface area contributed by atoms with Gasteiger partial charge in [-0.25, -0.2) is 14.2 Å². The number of urea groups is 1. The van der Waals surface area contributed by atoms with Gasteiger partial charge in [-0.05, 0) is 49.7 Å². The molecule has 0 saturated heterocycles. The first-order valence-corrected chi connectivity index (χ1v) is 11.1. The Labute approximate surface area is 202 Å². The maximum Gasteiger partial charge on any atom is 0.317 e. The first-order chi connectivity index (χ1) is 16.2. The fourth-order valence-electron chi connectivity index (χ4n) is 3.87. The summed E-state index contributed by atoms with van der Waals surface area (Å²) < 4.78 is 14.7. The molecule has 1 aliphatic heterocycles. The van der Waals surface area contributed by atoms with Gasteiger partial charge in [0.15, 0.2) is 0 Å². The van der Waals surface area contributed by atoms with Crippen LogP contribution in [0.5, 0.6) is 0 Å². The van der Waals surface area contributed by atoms with Gasteiger partial charge in [0.2, 0.25) is 6.17 Å². The second-order valence-corrected chi connectivity index (χ2v) is 8.94. The number of carbonyl (C=O) groups excluding carboxylic acids is 2. The number of nitrogens with one attached hydrogen (secondary N) is 2. The van der Waals surface area contributed by atoms with Crippen molar-refractivity contribution < 1.29 is 14.0 Å². The number of carbonyl (C=O) groups is 2. The first-order valence-electron chi connectivity index (χ1n) is 10.7. The third kappa shape index (κ3) is 4.65. The highest BCUT2D eigenvalue weighted by atomic mass is 35.5. The van der Waals surface area contributed by atoms with E-state index in [1.807, 2.05) is 26.0 Å². The Kier molecular flexibility index (Phi) is 6.39. The summed E-state index contributed by atoms with van der Waals surface area (Å²) in [5.74, 6) is -0.918. The molecule has 0 bridgehead atoms. The highest BCUT2D eigenvalue weighted by Gasteiger charge is 2.33. The van der Waals surface area contributed by atoms with Crippen LogP contribution in [0.25, 0.3) is 0 Å². The van der Waals surface area contributed by atoms with Crippen LogP contribution in [0.3, 0.4) is 0 Å². The minimum Gasteiger partial charge on any atom is -0.329 e. The zero-order valence-corrected chi connectivity index (χ0v) is 19.7. The SMILES string of the molecule is CN1C(=O)C(NC(=O)NC(C)(C)c2ccc(Cl)cc2)N=C(c2ccccc2F)c2ccccc21. The second kappa shape index (κ2) is 9.27. The minimum absolute atomic E-state index is 0.242. The van der Waals surface area contributed by atoms with E-state index in [0.717, 1.165) is 5.56 Å². The number of para-hydroxylation sites is 1. The summed E-state index contributed by atoms with van der Waals surface area (Å²) >= 11 is 5.97. The lowest BCUT2D eigenvalue weighted by molar-refractivity contribution is -0.119. The van der Waals surface area contributed by atoms with Crippen LogP contribution < -0.4 is 15.5 Å². The Hall–Kier alpha value is -3.71. The highest BCUT2D eigenvalue weighted by molar-refractivity contribution is 6.30. The van der Waals surface area contributed by atoms with Crippen molar-refractivity contribution in [1.29, 1.82) is 0 Å². The molecule has 0 fully saturated rings. The van der Waals surface area contributed by atoms with Crippen molar-refractivity contribution in [3.8, 4) is 0 Å². The van der Waals surface area contributed by atoms with Crippen LogP contribution in [0.15, 0.2) is 77.8 Å². The number of halogens is 2. The van der Waals surface area contributed by atoms with Crippen LogP contribution >= 0.6 is 11.6 Å². The third-order valence-corrected chi connectivity index (χ3v) is 5.98. The average molecular weight is 479 g/mol. The smallest absolute Gasteiger partial charge is 0.317 e. The Morgan fingerprint density at radius 1 is 1.00 bits per heavy atom. The van der Waals surface area contributed by atoms with Crippen molar-refractivity contribution in [2.45, 2.75) is 25.6 Å². The molecule has 1 unspecified atom stereocenters. The molecule has 0 aliphatic carbocycles. The van der Waals surface area contributed by atoms with E-state index in [2.05, 4.69) is 15.6 Å². The van der Waals surface area contributed by atoms with Gasteiger partial charge >= 0.3 is 6.03 Å². The van der Waals surface area contributed by atoms with Crippen LogP contribution in [-0.4, -0.2) is 30.9 Å². The molecule has 4 rings (SSSR count). The van der Waals surface area contributed by atoms with E-state index in [-0.39, 0.29) is 11.3 Å². The summed E-state index contributed by atoms with van der Waals surface area (Å²) in [6.45, 7) is 3.67. The van der Waals surface area contributed by atoms with Crippen molar-refractivity contribution >= 4 is 34.9 Å². The molecule has 174 valence electrons. The van der Waals surface area contributed by atoms with Gasteiger partial charge in [0.1, 0.15) is 5.82 Å². The number of fused-ring (bicyclic) bond motifs is 1. The van der Waals surface area contributed by atoms with Gasteiger partial charge in [-0.15, -0.1) is 0 Å². The monoisotopic (exact) mass is 478 g/mol. The molecule has 1 atom stereocenters. The zero-order chi connectivity index (χ0) is 24.5. The fourth-order valence-corrected chi connectivity index (χ4v) is 3.99. The van der Waals surface area contributed by atoms with Crippen LogP contribution in [0.1, 0.15) is 30.5 Å². The molecule has 2 N–H and O–H groups in total. The van der Waals surface area contributed by atoms with E-state index in [1.54, 1.807) is 61.6 Å². The molecule has 0 radical (unpaired) electrons. The molecule has 0 spiro atoms. The van der Waals surface area contributed by atoms with E-state index < -0.39 is 29.5 Å². The van der Waals surface area contributed by atoms with Crippen LogP contribution in [0.2, 0.25) is 5.02 Å². The standard InChI is InChI=1S/C26H24ClFN4O2/c1-26(2,16-12-14-17(27)15-13-16)31-25(34)30-23-24(33)32(3)21-11-7-5-9-19(21)22(29-23)18-8-4-6-10-20(18)28/h4-15,23H,1-3H3,(H2,30,31,34). The van der Waals surface area contributed by atoms with Crippen molar-refractivity contribution in [2.24, 2.45) is 4.99 Å². The highest BCUT2D eigenvalue weighted by Crippen LogP contribution is 2.28. The maximum absolute atomic E-state index is 14.7. The summed E-state index contributed by atoms with van der Waals surface area (Å²) in [5, 5.41) is 6.12. The van der Waals surface area contributed by atoms with Crippen LogP contribution in [-0.2, 0) is 10.3 Å². The van der Waals surface area contributed by atoms with E-state index in [1.165, 1.54) is 11.0 Å². The summed E-state index contributed by atoms with van der Waals surface area (Å²) in [7, 11) is 1.60. The van der Waals surface area contributed by atoms with E-state index >= 15 is 0 Å². The molecule has 6 nitrogen and oxygen atoms in total. The van der Waals surface area contributed by atoms with Gasteiger partial charge in [0.25, 0.3) is 5.91 Å². The zero-order valence-electron chi connectivity index (χ0n) is 19.0. The Morgan fingerprint density at radius 2 is 1.62 bits per heavy atom. The number of nitrogens with zero attached hydrogens (tertiary/aromatic N) is 2. The molecule has 1 heterocycles. The minimum atomic E-state index is -1.26. The number of rotatable bonds is 4. The number of amides is 3. The lowest BCUT2D eigenvalue weighted by Gasteiger charge is -2.28. The number of anilines is 1. The number of benzene rings is 3. The summed E-state index contributed by atoms with van der Waals surface area (Å²) in [6, 6.07) is 19.9. The Balaban J connectivity index is 1.68. The lowest BCUT2D eigenvalue weighted by Crippen LogP contribution is -2.53. The van der Waals surface area contributed by atoms with Gasteiger partial charge in [0, 0.05) is 23.2 Å². The number of hydrogen-bond acceptors (Lipinski definition) is 3. The third-order valence-electron chi connectivity index (χ3n) is 5.73. The van der Waals surface area contributed by atoms with Gasteiger partial charge in [-0.3, -0.25) is 4.79 Å². The maximum atomic E-state index is 14.7. The number of benzodiazepines with no additional fused rings is 1. The molecule has 34 heavy (non-hydrogen) atoms. The summed E-state index contributed by atoms with van der Waals surface area (Å²) in [4.78, 5) is 32.1. The van der Waals surface area contributed by atoms with E-state index in [4.69, 9.17) is 11.6 Å². The van der Waals surface area contributed by atoms with Gasteiger partial charge in [-0.2, -0.15) is 0 Å². The largest absolute Gasteiger partial charge is 0.329 e.